The van der Waals surface area contributed by atoms with Crippen molar-refractivity contribution in [3.8, 4) is 0 Å². The number of ether oxygens (including phenoxy) is 1. The van der Waals surface area contributed by atoms with Crippen molar-refractivity contribution < 1.29 is 17.9 Å². The highest BCUT2D eigenvalue weighted by Gasteiger charge is 2.03. The quantitative estimate of drug-likeness (QED) is 0.339. The summed E-state index contributed by atoms with van der Waals surface area (Å²) in [6.07, 6.45) is 0. The van der Waals surface area contributed by atoms with Gasteiger partial charge in [-0.25, -0.2) is 4.79 Å². The highest BCUT2D eigenvalue weighted by molar-refractivity contribution is 7.71. The molecular weight excluding hydrogens is 168 g/mol. The number of carbonyl (C=O) groups is 1. The second-order valence-electron chi connectivity index (χ2n) is 1.62. The standard InChI is InChI=1S/C6H8O4S/c1-3-10-6(7)5(2)4-11(8)9/h4H,2-3H2,1H3. The van der Waals surface area contributed by atoms with Crippen molar-refractivity contribution in [1.29, 1.82) is 0 Å². The Morgan fingerprint density at radius 1 is 1.64 bits per heavy atom. The third kappa shape index (κ3) is 4.32. The lowest BCUT2D eigenvalue weighted by Gasteiger charge is -1.96. The molecule has 0 spiro atoms. The van der Waals surface area contributed by atoms with Crippen molar-refractivity contribution in [3.05, 3.63) is 12.2 Å². The summed E-state index contributed by atoms with van der Waals surface area (Å²) in [6.45, 7) is 5.02. The summed E-state index contributed by atoms with van der Waals surface area (Å²) in [6, 6.07) is 0. The Kier molecular flexibility index (Phi) is 4.21. The monoisotopic (exact) mass is 176 g/mol. The SMILES string of the molecule is C=C(C=S(=O)=O)C(=O)OCC. The van der Waals surface area contributed by atoms with Gasteiger partial charge in [0, 0.05) is 0 Å². The largest absolute Gasteiger partial charge is 0.462 e. The van der Waals surface area contributed by atoms with Gasteiger partial charge in [-0.15, -0.1) is 0 Å². The molecule has 0 radical (unpaired) electrons. The van der Waals surface area contributed by atoms with Crippen molar-refractivity contribution >= 4 is 21.6 Å². The van der Waals surface area contributed by atoms with E-state index in [1.165, 1.54) is 0 Å². The van der Waals surface area contributed by atoms with Crippen LogP contribution in [0, 0.1) is 0 Å². The zero-order valence-corrected chi connectivity index (χ0v) is 6.85. The van der Waals surface area contributed by atoms with Gasteiger partial charge in [-0.05, 0) is 6.92 Å². The molecular formula is C6H8O4S. The molecule has 0 N–H and O–H groups in total. The first-order valence-electron chi connectivity index (χ1n) is 2.87. The molecule has 0 aromatic carbocycles. The first kappa shape index (κ1) is 9.90. The first-order chi connectivity index (χ1) is 5.07. The maximum absolute atomic E-state index is 10.7. The fraction of sp³-hybridized carbons (Fsp3) is 0.333. The van der Waals surface area contributed by atoms with Gasteiger partial charge in [0.2, 0.25) is 10.3 Å². The maximum Gasteiger partial charge on any atom is 0.338 e. The number of hydrogen-bond donors (Lipinski definition) is 0. The van der Waals surface area contributed by atoms with Gasteiger partial charge in [-0.1, -0.05) is 6.58 Å². The molecule has 0 aromatic heterocycles. The first-order valence-corrected chi connectivity index (χ1v) is 4.00. The van der Waals surface area contributed by atoms with Gasteiger partial charge in [0.1, 0.15) is 0 Å². The van der Waals surface area contributed by atoms with Gasteiger partial charge in [-0.3, -0.25) is 0 Å². The molecule has 0 fully saturated rings. The molecule has 0 amide bonds. The lowest BCUT2D eigenvalue weighted by molar-refractivity contribution is -0.137. The molecule has 0 atom stereocenters. The Bertz CT molecular complexity index is 278. The fourth-order valence-corrected chi connectivity index (χ4v) is 0.717. The molecule has 0 aliphatic carbocycles. The summed E-state index contributed by atoms with van der Waals surface area (Å²) in [7, 11) is -2.40. The van der Waals surface area contributed by atoms with Crippen molar-refractivity contribution in [2.24, 2.45) is 0 Å². The van der Waals surface area contributed by atoms with E-state index in [0.717, 1.165) is 0 Å². The van der Waals surface area contributed by atoms with Gasteiger partial charge >= 0.3 is 5.97 Å². The Hall–Kier alpha value is -1.10. The van der Waals surface area contributed by atoms with Crippen LogP contribution in [0.1, 0.15) is 6.92 Å². The molecule has 0 aromatic rings. The maximum atomic E-state index is 10.7. The van der Waals surface area contributed by atoms with E-state index >= 15 is 0 Å². The molecule has 0 unspecified atom stereocenters. The zero-order chi connectivity index (χ0) is 8.85. The van der Waals surface area contributed by atoms with E-state index in [4.69, 9.17) is 0 Å². The summed E-state index contributed by atoms with van der Waals surface area (Å²) >= 11 is 0. The molecule has 0 bridgehead atoms. The molecule has 0 rings (SSSR count). The fourth-order valence-electron chi connectivity index (χ4n) is 0.388. The summed E-state index contributed by atoms with van der Waals surface area (Å²) in [5.74, 6) is -0.711. The van der Waals surface area contributed by atoms with E-state index < -0.39 is 16.3 Å². The smallest absolute Gasteiger partial charge is 0.338 e. The second kappa shape index (κ2) is 4.68. The highest BCUT2D eigenvalue weighted by Crippen LogP contribution is 1.88. The van der Waals surface area contributed by atoms with Gasteiger partial charge in [0.15, 0.2) is 0 Å². The normalized spacial score (nSPS) is 8.45. The Morgan fingerprint density at radius 2 is 2.18 bits per heavy atom. The zero-order valence-electron chi connectivity index (χ0n) is 6.03. The number of rotatable bonds is 3. The van der Waals surface area contributed by atoms with Crippen LogP contribution in [0.4, 0.5) is 0 Å². The van der Waals surface area contributed by atoms with Crippen LogP contribution in [-0.4, -0.2) is 26.4 Å². The Balaban J connectivity index is 4.28. The number of esters is 1. The minimum Gasteiger partial charge on any atom is -0.462 e. The minimum absolute atomic E-state index is 0.166. The molecule has 0 saturated carbocycles. The lowest BCUT2D eigenvalue weighted by atomic mass is 10.4. The predicted octanol–water partition coefficient (Wildman–Crippen LogP) is -0.213. The Labute approximate surface area is 66.0 Å². The highest BCUT2D eigenvalue weighted by atomic mass is 32.2. The van der Waals surface area contributed by atoms with Crippen LogP contribution in [0.15, 0.2) is 12.2 Å². The molecule has 5 heteroatoms. The van der Waals surface area contributed by atoms with Gasteiger partial charge < -0.3 is 4.74 Å². The minimum atomic E-state index is -2.40. The summed E-state index contributed by atoms with van der Waals surface area (Å²) < 4.78 is 24.4. The summed E-state index contributed by atoms with van der Waals surface area (Å²) in [5, 5.41) is 0.706. The molecule has 11 heavy (non-hydrogen) atoms. The van der Waals surface area contributed by atoms with E-state index in [2.05, 4.69) is 11.3 Å². The second-order valence-corrected chi connectivity index (χ2v) is 2.38. The van der Waals surface area contributed by atoms with E-state index in [9.17, 15) is 13.2 Å². The van der Waals surface area contributed by atoms with Crippen LogP contribution in [0.2, 0.25) is 0 Å². The van der Waals surface area contributed by atoms with E-state index in [0.29, 0.717) is 5.37 Å². The van der Waals surface area contributed by atoms with E-state index in [-0.39, 0.29) is 12.2 Å². The van der Waals surface area contributed by atoms with Crippen molar-refractivity contribution in [3.63, 3.8) is 0 Å². The number of hydrogen-bond acceptors (Lipinski definition) is 4. The molecule has 4 nitrogen and oxygen atoms in total. The average molecular weight is 176 g/mol. The molecule has 0 aliphatic heterocycles. The van der Waals surface area contributed by atoms with Gasteiger partial charge in [0.25, 0.3) is 0 Å². The molecule has 62 valence electrons. The third-order valence-corrected chi connectivity index (χ3v) is 1.25. The van der Waals surface area contributed by atoms with Crippen LogP contribution in [-0.2, 0) is 19.8 Å². The van der Waals surface area contributed by atoms with E-state index in [1.807, 2.05) is 0 Å². The number of carbonyl (C=O) groups excluding carboxylic acids is 1. The van der Waals surface area contributed by atoms with Gasteiger partial charge in [-0.2, -0.15) is 8.42 Å². The average Bonchev–Trinajstić information content (AvgIpc) is 1.86. The molecule has 0 aliphatic rings. The van der Waals surface area contributed by atoms with Crippen molar-refractivity contribution in [2.75, 3.05) is 6.61 Å². The summed E-state index contributed by atoms with van der Waals surface area (Å²) in [4.78, 5) is 10.7. The molecule has 0 heterocycles. The van der Waals surface area contributed by atoms with Crippen LogP contribution < -0.4 is 0 Å². The van der Waals surface area contributed by atoms with Crippen molar-refractivity contribution in [1.82, 2.24) is 0 Å². The lowest BCUT2D eigenvalue weighted by Crippen LogP contribution is -2.07. The van der Waals surface area contributed by atoms with Crippen molar-refractivity contribution in [2.45, 2.75) is 6.92 Å². The Morgan fingerprint density at radius 3 is 2.55 bits per heavy atom. The van der Waals surface area contributed by atoms with Crippen LogP contribution in [0.25, 0.3) is 0 Å². The van der Waals surface area contributed by atoms with Crippen LogP contribution in [0.5, 0.6) is 0 Å². The van der Waals surface area contributed by atoms with E-state index in [1.54, 1.807) is 6.92 Å². The third-order valence-electron chi connectivity index (χ3n) is 0.776. The van der Waals surface area contributed by atoms with Gasteiger partial charge in [0.05, 0.1) is 17.5 Å². The summed E-state index contributed by atoms with van der Waals surface area (Å²) in [5.41, 5.74) is -0.166. The molecule has 0 saturated heterocycles. The van der Waals surface area contributed by atoms with Crippen LogP contribution in [0.3, 0.4) is 0 Å². The van der Waals surface area contributed by atoms with Crippen LogP contribution >= 0.6 is 0 Å². The topological polar surface area (TPSA) is 60.4 Å². The predicted molar refractivity (Wildman–Crippen MR) is 40.8 cm³/mol.